The first-order valence-corrected chi connectivity index (χ1v) is 5.96. The second-order valence-electron chi connectivity index (χ2n) is 4.53. The second kappa shape index (κ2) is 5.39. The minimum absolute atomic E-state index is 0.102. The fourth-order valence-corrected chi connectivity index (χ4v) is 2.10. The Morgan fingerprint density at radius 3 is 1.95 bits per heavy atom. The van der Waals surface area contributed by atoms with Gasteiger partial charge in [0.25, 0.3) is 0 Å². The molecule has 0 unspecified atom stereocenters. The molecule has 0 aliphatic rings. The van der Waals surface area contributed by atoms with E-state index in [1.165, 1.54) is 7.85 Å². The highest BCUT2D eigenvalue weighted by atomic mass is 19.2. The Morgan fingerprint density at radius 2 is 1.38 bits per heavy atom. The van der Waals surface area contributed by atoms with Crippen LogP contribution in [0.4, 0.5) is 22.0 Å². The minimum atomic E-state index is -1.29. The summed E-state index contributed by atoms with van der Waals surface area (Å²) in [4.78, 5) is 0. The van der Waals surface area contributed by atoms with Crippen molar-refractivity contribution in [2.24, 2.45) is 0 Å². The topological polar surface area (TPSA) is 9.23 Å². The maximum Gasteiger partial charge on any atom is 0.148 e. The quantitative estimate of drug-likeness (QED) is 0.612. The average molecular weight is 300 g/mol. The van der Waals surface area contributed by atoms with Crippen LogP contribution < -0.4 is 10.2 Å². The molecule has 0 amide bonds. The molecule has 0 radical (unpaired) electrons. The van der Waals surface area contributed by atoms with E-state index in [0.29, 0.717) is 12.1 Å². The summed E-state index contributed by atoms with van der Waals surface area (Å²) in [6.45, 7) is 1.09. The van der Waals surface area contributed by atoms with Gasteiger partial charge in [-0.25, -0.2) is 22.0 Å². The van der Waals surface area contributed by atoms with Gasteiger partial charge in [-0.2, -0.15) is 0 Å². The Hall–Kier alpha value is -2.05. The van der Waals surface area contributed by atoms with Crippen molar-refractivity contribution in [1.29, 1.82) is 0 Å². The van der Waals surface area contributed by atoms with E-state index in [4.69, 9.17) is 4.74 Å². The molecule has 0 aliphatic carbocycles. The van der Waals surface area contributed by atoms with Gasteiger partial charge in [0.05, 0.1) is 18.2 Å². The minimum Gasteiger partial charge on any atom is -0.496 e. The number of hydrogen-bond acceptors (Lipinski definition) is 1. The number of ether oxygens (including phenoxy) is 1. The molecule has 1 nitrogen and oxygen atoms in total. The number of rotatable bonds is 2. The third kappa shape index (κ3) is 2.37. The lowest BCUT2D eigenvalue weighted by atomic mass is 9.88. The molecule has 0 fully saturated rings. The largest absolute Gasteiger partial charge is 0.496 e. The maximum absolute atomic E-state index is 14.1. The first-order valence-electron chi connectivity index (χ1n) is 5.96. The standard InChI is InChI=1S/C14H10BF5O/c1-5-6(16)3-7(17)10(13(5)20)11-8(18)4-9(19)12(15)14(11)21-2/h3-4H,15H2,1-2H3. The average Bonchev–Trinajstić information content (AvgIpc) is 2.42. The number of halogens is 5. The molecule has 0 aliphatic heterocycles. The summed E-state index contributed by atoms with van der Waals surface area (Å²) in [7, 11) is 2.40. The van der Waals surface area contributed by atoms with Crippen LogP contribution >= 0.6 is 0 Å². The summed E-state index contributed by atoms with van der Waals surface area (Å²) in [5, 5.41) is 0. The summed E-state index contributed by atoms with van der Waals surface area (Å²) in [5.41, 5.74) is -1.93. The first-order chi connectivity index (χ1) is 9.79. The van der Waals surface area contributed by atoms with E-state index < -0.39 is 45.8 Å². The van der Waals surface area contributed by atoms with Crippen LogP contribution in [-0.2, 0) is 0 Å². The fourth-order valence-electron chi connectivity index (χ4n) is 2.10. The molecule has 0 spiro atoms. The Labute approximate surface area is 118 Å². The number of methoxy groups -OCH3 is 1. The molecule has 0 heterocycles. The van der Waals surface area contributed by atoms with Crippen molar-refractivity contribution in [3.05, 3.63) is 46.8 Å². The normalized spacial score (nSPS) is 10.8. The highest BCUT2D eigenvalue weighted by Gasteiger charge is 2.25. The van der Waals surface area contributed by atoms with E-state index in [0.717, 1.165) is 14.0 Å². The van der Waals surface area contributed by atoms with Crippen LogP contribution in [0.25, 0.3) is 11.1 Å². The summed E-state index contributed by atoms with van der Waals surface area (Å²) >= 11 is 0. The Bertz CT molecular complexity index is 730. The van der Waals surface area contributed by atoms with Crippen LogP contribution in [0, 0.1) is 36.0 Å². The van der Waals surface area contributed by atoms with E-state index in [1.54, 1.807) is 0 Å². The van der Waals surface area contributed by atoms with Gasteiger partial charge in [-0.05, 0) is 12.4 Å². The van der Waals surface area contributed by atoms with Gasteiger partial charge in [0.1, 0.15) is 42.7 Å². The van der Waals surface area contributed by atoms with Crippen LogP contribution in [0.15, 0.2) is 12.1 Å². The van der Waals surface area contributed by atoms with Crippen LogP contribution in [-0.4, -0.2) is 15.0 Å². The zero-order chi connectivity index (χ0) is 15.9. The molecular formula is C14H10BF5O. The summed E-state index contributed by atoms with van der Waals surface area (Å²) in [6.07, 6.45) is 0. The van der Waals surface area contributed by atoms with Gasteiger partial charge in [0.2, 0.25) is 0 Å². The van der Waals surface area contributed by atoms with Crippen molar-refractivity contribution in [1.82, 2.24) is 0 Å². The fraction of sp³-hybridized carbons (Fsp3) is 0.143. The predicted molar refractivity (Wildman–Crippen MR) is 71.1 cm³/mol. The molecule has 2 aromatic rings. The highest BCUT2D eigenvalue weighted by Crippen LogP contribution is 2.37. The Balaban J connectivity index is 2.92. The monoisotopic (exact) mass is 300 g/mol. The third-order valence-electron chi connectivity index (χ3n) is 3.27. The molecule has 0 bridgehead atoms. The first kappa shape index (κ1) is 15.3. The Morgan fingerprint density at radius 1 is 0.857 bits per heavy atom. The van der Waals surface area contributed by atoms with E-state index >= 15 is 0 Å². The zero-order valence-corrected chi connectivity index (χ0v) is 11.5. The van der Waals surface area contributed by atoms with E-state index in [-0.39, 0.29) is 11.2 Å². The summed E-state index contributed by atoms with van der Waals surface area (Å²) < 4.78 is 73.7. The van der Waals surface area contributed by atoms with Crippen molar-refractivity contribution < 1.29 is 26.7 Å². The molecule has 0 atom stereocenters. The van der Waals surface area contributed by atoms with E-state index in [1.807, 2.05) is 0 Å². The van der Waals surface area contributed by atoms with Gasteiger partial charge in [-0.15, -0.1) is 0 Å². The molecule has 2 rings (SSSR count). The van der Waals surface area contributed by atoms with Crippen molar-refractivity contribution >= 4 is 13.3 Å². The Kier molecular flexibility index (Phi) is 3.94. The van der Waals surface area contributed by atoms with Gasteiger partial charge in [0.15, 0.2) is 0 Å². The van der Waals surface area contributed by atoms with Crippen molar-refractivity contribution in [3.63, 3.8) is 0 Å². The van der Waals surface area contributed by atoms with Crippen molar-refractivity contribution in [2.75, 3.05) is 7.11 Å². The molecule has 110 valence electrons. The van der Waals surface area contributed by atoms with Gasteiger partial charge in [0, 0.05) is 17.7 Å². The SMILES string of the molecule is Bc1c(F)cc(F)c(-c2c(F)cc(F)c(C)c2F)c1OC. The molecule has 0 saturated carbocycles. The summed E-state index contributed by atoms with van der Waals surface area (Å²) in [5.74, 6) is -6.08. The highest BCUT2D eigenvalue weighted by molar-refractivity contribution is 6.35. The number of benzene rings is 2. The molecular weight excluding hydrogens is 290 g/mol. The van der Waals surface area contributed by atoms with Gasteiger partial charge >= 0.3 is 0 Å². The third-order valence-corrected chi connectivity index (χ3v) is 3.27. The molecule has 0 saturated heterocycles. The lowest BCUT2D eigenvalue weighted by Gasteiger charge is -2.16. The van der Waals surface area contributed by atoms with Crippen LogP contribution in [0.5, 0.6) is 5.75 Å². The predicted octanol–water partition coefficient (Wildman–Crippen LogP) is 2.62. The van der Waals surface area contributed by atoms with Gasteiger partial charge in [-0.3, -0.25) is 0 Å². The van der Waals surface area contributed by atoms with Gasteiger partial charge in [-0.1, -0.05) is 0 Å². The molecule has 7 heteroatoms. The lowest BCUT2D eigenvalue weighted by Crippen LogP contribution is -2.16. The number of hydrogen-bond donors (Lipinski definition) is 0. The molecule has 0 aromatic heterocycles. The van der Waals surface area contributed by atoms with Crippen molar-refractivity contribution in [3.8, 4) is 16.9 Å². The molecule has 2 aromatic carbocycles. The van der Waals surface area contributed by atoms with Gasteiger partial charge < -0.3 is 4.74 Å². The zero-order valence-electron chi connectivity index (χ0n) is 11.5. The van der Waals surface area contributed by atoms with E-state index in [2.05, 4.69) is 0 Å². The second-order valence-corrected chi connectivity index (χ2v) is 4.53. The van der Waals surface area contributed by atoms with Crippen molar-refractivity contribution in [2.45, 2.75) is 6.92 Å². The lowest BCUT2D eigenvalue weighted by molar-refractivity contribution is 0.412. The van der Waals surface area contributed by atoms with Crippen LogP contribution in [0.2, 0.25) is 0 Å². The summed E-state index contributed by atoms with van der Waals surface area (Å²) in [6, 6.07) is 0.954. The van der Waals surface area contributed by atoms with Crippen LogP contribution in [0.3, 0.4) is 0 Å². The van der Waals surface area contributed by atoms with E-state index in [9.17, 15) is 22.0 Å². The smallest absolute Gasteiger partial charge is 0.148 e. The maximum atomic E-state index is 14.1. The van der Waals surface area contributed by atoms with Crippen LogP contribution in [0.1, 0.15) is 5.56 Å². The molecule has 0 N–H and O–H groups in total. The molecule has 21 heavy (non-hydrogen) atoms.